The third-order valence-corrected chi connectivity index (χ3v) is 5.15. The standard InChI is InChI=1S/C19H15FN4OS/c1-10-4-2-5-11(8-10)18-23-17(21)13-9-14(26-19(13)24-18)15(25)12-6-3-7-22-16(12)20/h2-9,15,25H,1H3,(H2,21,23,24). The number of aliphatic hydroxyl groups is 1. The quantitative estimate of drug-likeness (QED) is 0.538. The molecule has 4 aromatic rings. The summed E-state index contributed by atoms with van der Waals surface area (Å²) >= 11 is 1.26. The highest BCUT2D eigenvalue weighted by Crippen LogP contribution is 2.35. The molecule has 1 atom stereocenters. The van der Waals surface area contributed by atoms with Crippen molar-refractivity contribution in [3.63, 3.8) is 0 Å². The molecule has 1 unspecified atom stereocenters. The Kier molecular flexibility index (Phi) is 4.10. The van der Waals surface area contributed by atoms with E-state index in [1.54, 1.807) is 12.1 Å². The molecule has 3 aromatic heterocycles. The second kappa shape index (κ2) is 6.44. The maximum atomic E-state index is 13.9. The molecule has 4 rings (SSSR count). The lowest BCUT2D eigenvalue weighted by atomic mass is 10.1. The van der Waals surface area contributed by atoms with Gasteiger partial charge in [0.15, 0.2) is 5.82 Å². The number of anilines is 1. The average molecular weight is 366 g/mol. The highest BCUT2D eigenvalue weighted by Gasteiger charge is 2.20. The van der Waals surface area contributed by atoms with Crippen molar-refractivity contribution in [1.82, 2.24) is 15.0 Å². The first kappa shape index (κ1) is 16.6. The Hall–Kier alpha value is -2.90. The lowest BCUT2D eigenvalue weighted by Gasteiger charge is -2.08. The summed E-state index contributed by atoms with van der Waals surface area (Å²) < 4.78 is 13.9. The van der Waals surface area contributed by atoms with Crippen LogP contribution in [0.3, 0.4) is 0 Å². The molecule has 0 fully saturated rings. The topological polar surface area (TPSA) is 84.9 Å². The second-order valence-corrected chi connectivity index (χ2v) is 7.02. The summed E-state index contributed by atoms with van der Waals surface area (Å²) in [6.07, 6.45) is 0.207. The van der Waals surface area contributed by atoms with Gasteiger partial charge in [-0.1, -0.05) is 23.8 Å². The lowest BCUT2D eigenvalue weighted by molar-refractivity contribution is 0.217. The fourth-order valence-corrected chi connectivity index (χ4v) is 3.81. The summed E-state index contributed by atoms with van der Waals surface area (Å²) in [5, 5.41) is 11.2. The number of nitrogen functional groups attached to an aromatic ring is 1. The van der Waals surface area contributed by atoms with Gasteiger partial charge in [-0.2, -0.15) is 4.39 Å². The van der Waals surface area contributed by atoms with E-state index in [1.165, 1.54) is 23.6 Å². The van der Waals surface area contributed by atoms with Crippen LogP contribution in [-0.4, -0.2) is 20.1 Å². The van der Waals surface area contributed by atoms with Crippen LogP contribution in [0.1, 0.15) is 22.1 Å². The lowest BCUT2D eigenvalue weighted by Crippen LogP contribution is -2.01. The van der Waals surface area contributed by atoms with Gasteiger partial charge in [0.05, 0.1) is 5.39 Å². The first-order valence-electron chi connectivity index (χ1n) is 7.95. The van der Waals surface area contributed by atoms with Gasteiger partial charge < -0.3 is 10.8 Å². The van der Waals surface area contributed by atoms with Crippen molar-refractivity contribution in [2.24, 2.45) is 0 Å². The Morgan fingerprint density at radius 3 is 2.77 bits per heavy atom. The largest absolute Gasteiger partial charge is 0.383 e. The Bertz CT molecular complexity index is 1110. The summed E-state index contributed by atoms with van der Waals surface area (Å²) in [5.74, 6) is 0.152. The number of aliphatic hydroxyl groups excluding tert-OH is 1. The van der Waals surface area contributed by atoms with Crippen LogP contribution in [0.2, 0.25) is 0 Å². The molecule has 0 saturated heterocycles. The maximum absolute atomic E-state index is 13.9. The molecule has 0 saturated carbocycles. The number of aromatic nitrogens is 3. The molecular formula is C19H15FN4OS. The van der Waals surface area contributed by atoms with Gasteiger partial charge in [-0.05, 0) is 31.2 Å². The number of fused-ring (bicyclic) bond motifs is 1. The number of rotatable bonds is 3. The fraction of sp³-hybridized carbons (Fsp3) is 0.105. The van der Waals surface area contributed by atoms with E-state index in [0.29, 0.717) is 26.7 Å². The number of nitrogens with two attached hydrogens (primary N) is 1. The number of halogens is 1. The van der Waals surface area contributed by atoms with Crippen molar-refractivity contribution in [3.05, 3.63) is 70.6 Å². The Labute approximate surface area is 153 Å². The molecule has 1 aromatic carbocycles. The number of hydrogen-bond acceptors (Lipinski definition) is 6. The van der Waals surface area contributed by atoms with Gasteiger partial charge in [0.1, 0.15) is 16.8 Å². The predicted octanol–water partition coefficient (Wildman–Crippen LogP) is 3.86. The number of nitrogens with zero attached hydrogens (tertiary/aromatic N) is 3. The predicted molar refractivity (Wildman–Crippen MR) is 100 cm³/mol. The van der Waals surface area contributed by atoms with Crippen LogP contribution in [0.4, 0.5) is 10.2 Å². The fourth-order valence-electron chi connectivity index (χ4n) is 2.77. The summed E-state index contributed by atoms with van der Waals surface area (Å²) in [5.41, 5.74) is 8.18. The molecule has 0 bridgehead atoms. The number of pyridine rings is 1. The van der Waals surface area contributed by atoms with Crippen LogP contribution in [0.25, 0.3) is 21.6 Å². The van der Waals surface area contributed by atoms with E-state index in [9.17, 15) is 9.50 Å². The highest BCUT2D eigenvalue weighted by molar-refractivity contribution is 7.18. The van der Waals surface area contributed by atoms with Gasteiger partial charge in [0, 0.05) is 22.2 Å². The summed E-state index contributed by atoms with van der Waals surface area (Å²) in [7, 11) is 0. The molecule has 0 amide bonds. The normalized spacial score (nSPS) is 12.4. The Balaban J connectivity index is 1.80. The van der Waals surface area contributed by atoms with E-state index in [1.807, 2.05) is 31.2 Å². The van der Waals surface area contributed by atoms with Crippen molar-refractivity contribution < 1.29 is 9.50 Å². The molecule has 7 heteroatoms. The molecule has 0 spiro atoms. The van der Waals surface area contributed by atoms with Crippen molar-refractivity contribution in [3.8, 4) is 11.4 Å². The van der Waals surface area contributed by atoms with Gasteiger partial charge in [-0.15, -0.1) is 11.3 Å². The van der Waals surface area contributed by atoms with E-state index in [2.05, 4.69) is 15.0 Å². The first-order valence-corrected chi connectivity index (χ1v) is 8.77. The number of benzene rings is 1. The van der Waals surface area contributed by atoms with Crippen LogP contribution in [-0.2, 0) is 0 Å². The van der Waals surface area contributed by atoms with E-state index < -0.39 is 12.1 Å². The second-order valence-electron chi connectivity index (χ2n) is 5.96. The molecule has 130 valence electrons. The van der Waals surface area contributed by atoms with Crippen LogP contribution in [0, 0.1) is 12.9 Å². The molecule has 26 heavy (non-hydrogen) atoms. The molecule has 3 heterocycles. The smallest absolute Gasteiger partial charge is 0.219 e. The molecular weight excluding hydrogens is 351 g/mol. The zero-order valence-corrected chi connectivity index (χ0v) is 14.7. The number of aryl methyl sites for hydroxylation is 1. The third-order valence-electron chi connectivity index (χ3n) is 4.07. The van der Waals surface area contributed by atoms with Gasteiger partial charge in [0.25, 0.3) is 0 Å². The molecule has 3 N–H and O–H groups in total. The van der Waals surface area contributed by atoms with E-state index in [0.717, 1.165) is 11.1 Å². The van der Waals surface area contributed by atoms with E-state index in [-0.39, 0.29) is 5.56 Å². The van der Waals surface area contributed by atoms with Gasteiger partial charge in [0.2, 0.25) is 5.95 Å². The monoisotopic (exact) mass is 366 g/mol. The van der Waals surface area contributed by atoms with Crippen LogP contribution < -0.4 is 5.73 Å². The van der Waals surface area contributed by atoms with Gasteiger partial charge in [-0.25, -0.2) is 15.0 Å². The van der Waals surface area contributed by atoms with Crippen molar-refractivity contribution >= 4 is 27.4 Å². The van der Waals surface area contributed by atoms with Crippen molar-refractivity contribution in [2.75, 3.05) is 5.73 Å². The zero-order valence-electron chi connectivity index (χ0n) is 13.8. The summed E-state index contributed by atoms with van der Waals surface area (Å²) in [6.45, 7) is 1.99. The number of hydrogen-bond donors (Lipinski definition) is 2. The van der Waals surface area contributed by atoms with E-state index >= 15 is 0 Å². The Morgan fingerprint density at radius 2 is 2.00 bits per heavy atom. The third kappa shape index (κ3) is 2.91. The Morgan fingerprint density at radius 1 is 1.15 bits per heavy atom. The van der Waals surface area contributed by atoms with Crippen molar-refractivity contribution in [2.45, 2.75) is 13.0 Å². The average Bonchev–Trinajstić information content (AvgIpc) is 3.06. The zero-order chi connectivity index (χ0) is 18.3. The minimum absolute atomic E-state index is 0.115. The van der Waals surface area contributed by atoms with Crippen molar-refractivity contribution in [1.29, 1.82) is 0 Å². The van der Waals surface area contributed by atoms with Crippen LogP contribution in [0.5, 0.6) is 0 Å². The molecule has 0 aliphatic rings. The summed E-state index contributed by atoms with van der Waals surface area (Å²) in [6, 6.07) is 12.6. The highest BCUT2D eigenvalue weighted by atomic mass is 32.1. The molecule has 5 nitrogen and oxygen atoms in total. The minimum atomic E-state index is -1.13. The van der Waals surface area contributed by atoms with E-state index in [4.69, 9.17) is 5.73 Å². The molecule has 0 radical (unpaired) electrons. The van der Waals surface area contributed by atoms with Crippen LogP contribution in [0.15, 0.2) is 48.7 Å². The molecule has 0 aliphatic heterocycles. The molecule has 0 aliphatic carbocycles. The maximum Gasteiger partial charge on any atom is 0.219 e. The first-order chi connectivity index (χ1) is 12.5. The summed E-state index contributed by atoms with van der Waals surface area (Å²) in [4.78, 5) is 13.7. The minimum Gasteiger partial charge on any atom is -0.383 e. The SMILES string of the molecule is Cc1cccc(-c2nc(N)c3cc(C(O)c4cccnc4F)sc3n2)c1. The number of thiophene rings is 1. The van der Waals surface area contributed by atoms with Crippen LogP contribution >= 0.6 is 11.3 Å². The van der Waals surface area contributed by atoms with Gasteiger partial charge in [-0.3, -0.25) is 0 Å². The van der Waals surface area contributed by atoms with Gasteiger partial charge >= 0.3 is 0 Å².